The summed E-state index contributed by atoms with van der Waals surface area (Å²) in [6, 6.07) is 41.8. The topological polar surface area (TPSA) is 3.24 Å². The van der Waals surface area contributed by atoms with Crippen molar-refractivity contribution in [2.75, 3.05) is 4.90 Å². The minimum atomic E-state index is 1.06. The largest absolute Gasteiger partial charge is 0.309 e. The number of benzene rings is 6. The van der Waals surface area contributed by atoms with E-state index in [0.29, 0.717) is 0 Å². The fraction of sp³-hybridized carbons (Fsp3) is 0. The molecule has 35 heavy (non-hydrogen) atoms. The van der Waals surface area contributed by atoms with Crippen LogP contribution in [0.1, 0.15) is 0 Å². The SMILES string of the molecule is Brc1cc(Br)cc(-c2ccc3c(c2)N(c2ccc4ccccc4c2)c2cccc4cccc-3c24)c1. The van der Waals surface area contributed by atoms with Gasteiger partial charge in [-0.15, -0.1) is 0 Å². The van der Waals surface area contributed by atoms with Crippen LogP contribution in [0.25, 0.3) is 43.8 Å². The molecule has 6 aromatic carbocycles. The lowest BCUT2D eigenvalue weighted by molar-refractivity contribution is 1.29. The molecular weight excluding hydrogens is 558 g/mol. The van der Waals surface area contributed by atoms with Gasteiger partial charge in [-0.1, -0.05) is 105 Å². The van der Waals surface area contributed by atoms with E-state index in [0.717, 1.165) is 8.95 Å². The molecular formula is C32H19Br2N. The highest BCUT2D eigenvalue weighted by molar-refractivity contribution is 9.11. The molecule has 0 N–H and O–H groups in total. The van der Waals surface area contributed by atoms with E-state index < -0.39 is 0 Å². The zero-order chi connectivity index (χ0) is 23.5. The minimum absolute atomic E-state index is 1.06. The van der Waals surface area contributed by atoms with Crippen LogP contribution in [0.15, 0.2) is 124 Å². The number of rotatable bonds is 2. The minimum Gasteiger partial charge on any atom is -0.309 e. The van der Waals surface area contributed by atoms with Gasteiger partial charge in [-0.2, -0.15) is 0 Å². The highest BCUT2D eigenvalue weighted by Crippen LogP contribution is 2.52. The Morgan fingerprint density at radius 2 is 1.20 bits per heavy atom. The summed E-state index contributed by atoms with van der Waals surface area (Å²) in [5.74, 6) is 0. The van der Waals surface area contributed by atoms with E-state index in [1.54, 1.807) is 0 Å². The maximum atomic E-state index is 3.66. The van der Waals surface area contributed by atoms with Gasteiger partial charge in [0.2, 0.25) is 0 Å². The van der Waals surface area contributed by atoms with Gasteiger partial charge in [-0.3, -0.25) is 0 Å². The van der Waals surface area contributed by atoms with Crippen LogP contribution in [-0.2, 0) is 0 Å². The fourth-order valence-corrected chi connectivity index (χ4v) is 6.59. The van der Waals surface area contributed by atoms with Crippen LogP contribution in [0.5, 0.6) is 0 Å². The smallest absolute Gasteiger partial charge is 0.0546 e. The van der Waals surface area contributed by atoms with Crippen molar-refractivity contribution in [1.29, 1.82) is 0 Å². The first-order valence-electron chi connectivity index (χ1n) is 11.6. The summed E-state index contributed by atoms with van der Waals surface area (Å²) in [5.41, 5.74) is 8.47. The summed E-state index contributed by atoms with van der Waals surface area (Å²) in [6.07, 6.45) is 0. The van der Waals surface area contributed by atoms with Gasteiger partial charge in [0.15, 0.2) is 0 Å². The van der Waals surface area contributed by atoms with Crippen molar-refractivity contribution in [3.05, 3.63) is 124 Å². The quantitative estimate of drug-likeness (QED) is 0.198. The Morgan fingerprint density at radius 1 is 0.457 bits per heavy atom. The Bertz CT molecular complexity index is 1760. The molecule has 0 aliphatic carbocycles. The van der Waals surface area contributed by atoms with Crippen molar-refractivity contribution < 1.29 is 0 Å². The number of halogens is 2. The second-order valence-electron chi connectivity index (χ2n) is 8.94. The fourth-order valence-electron chi connectivity index (χ4n) is 5.30. The number of fused-ring (bicyclic) bond motifs is 3. The molecule has 0 atom stereocenters. The molecule has 0 saturated heterocycles. The second kappa shape index (κ2) is 8.08. The van der Waals surface area contributed by atoms with Crippen LogP contribution in [0.3, 0.4) is 0 Å². The molecule has 0 bridgehead atoms. The monoisotopic (exact) mass is 575 g/mol. The zero-order valence-electron chi connectivity index (χ0n) is 18.7. The molecule has 0 unspecified atom stereocenters. The Kier molecular flexibility index (Phi) is 4.83. The predicted octanol–water partition coefficient (Wildman–Crippen LogP) is 10.6. The predicted molar refractivity (Wildman–Crippen MR) is 156 cm³/mol. The molecule has 0 amide bonds. The Labute approximate surface area is 220 Å². The zero-order valence-corrected chi connectivity index (χ0v) is 21.8. The summed E-state index contributed by atoms with van der Waals surface area (Å²) >= 11 is 7.31. The average molecular weight is 577 g/mol. The van der Waals surface area contributed by atoms with Gasteiger partial charge in [0.05, 0.1) is 11.4 Å². The summed E-state index contributed by atoms with van der Waals surface area (Å²) in [5, 5.41) is 5.05. The highest BCUT2D eigenvalue weighted by atomic mass is 79.9. The molecule has 0 saturated carbocycles. The van der Waals surface area contributed by atoms with Crippen LogP contribution in [0.2, 0.25) is 0 Å². The van der Waals surface area contributed by atoms with Crippen molar-refractivity contribution in [2.45, 2.75) is 0 Å². The lowest BCUT2D eigenvalue weighted by atomic mass is 9.89. The normalized spacial score (nSPS) is 12.2. The molecule has 1 nitrogen and oxygen atoms in total. The molecule has 1 heterocycles. The van der Waals surface area contributed by atoms with E-state index in [1.165, 1.54) is 60.9 Å². The van der Waals surface area contributed by atoms with Gasteiger partial charge in [-0.25, -0.2) is 0 Å². The third-order valence-electron chi connectivity index (χ3n) is 6.84. The van der Waals surface area contributed by atoms with Gasteiger partial charge in [0, 0.05) is 25.6 Å². The van der Waals surface area contributed by atoms with Crippen LogP contribution < -0.4 is 4.90 Å². The number of nitrogens with zero attached hydrogens (tertiary/aromatic N) is 1. The third-order valence-corrected chi connectivity index (χ3v) is 7.76. The van der Waals surface area contributed by atoms with Gasteiger partial charge < -0.3 is 4.90 Å². The maximum Gasteiger partial charge on any atom is 0.0546 e. The third kappa shape index (κ3) is 3.42. The van der Waals surface area contributed by atoms with E-state index >= 15 is 0 Å². The lowest BCUT2D eigenvalue weighted by Gasteiger charge is -2.34. The summed E-state index contributed by atoms with van der Waals surface area (Å²) < 4.78 is 2.11. The van der Waals surface area contributed by atoms with Crippen molar-refractivity contribution in [3.63, 3.8) is 0 Å². The second-order valence-corrected chi connectivity index (χ2v) is 10.8. The number of hydrogen-bond donors (Lipinski definition) is 0. The van der Waals surface area contributed by atoms with Crippen molar-refractivity contribution in [1.82, 2.24) is 0 Å². The Hall–Kier alpha value is -3.40. The van der Waals surface area contributed by atoms with E-state index in [-0.39, 0.29) is 0 Å². The Balaban J connectivity index is 1.54. The lowest BCUT2D eigenvalue weighted by Crippen LogP contribution is -2.15. The molecule has 0 radical (unpaired) electrons. The highest BCUT2D eigenvalue weighted by Gasteiger charge is 2.26. The maximum absolute atomic E-state index is 3.66. The summed E-state index contributed by atoms with van der Waals surface area (Å²) in [4.78, 5) is 2.42. The van der Waals surface area contributed by atoms with Gasteiger partial charge in [0.1, 0.15) is 0 Å². The van der Waals surface area contributed by atoms with E-state index in [2.05, 4.69) is 152 Å². The van der Waals surface area contributed by atoms with Crippen molar-refractivity contribution in [3.8, 4) is 22.3 Å². The van der Waals surface area contributed by atoms with Gasteiger partial charge in [0.25, 0.3) is 0 Å². The molecule has 0 aromatic heterocycles. The molecule has 7 rings (SSSR count). The molecule has 166 valence electrons. The van der Waals surface area contributed by atoms with E-state index in [1.807, 2.05) is 0 Å². The molecule has 0 spiro atoms. The van der Waals surface area contributed by atoms with Crippen molar-refractivity contribution in [2.24, 2.45) is 0 Å². The first-order chi connectivity index (χ1) is 17.2. The average Bonchev–Trinajstić information content (AvgIpc) is 2.88. The van der Waals surface area contributed by atoms with Crippen LogP contribution >= 0.6 is 31.9 Å². The molecule has 1 aliphatic rings. The van der Waals surface area contributed by atoms with Crippen LogP contribution in [0, 0.1) is 0 Å². The first-order valence-corrected chi connectivity index (χ1v) is 13.2. The standard InChI is InChI=1S/C32H19Br2N/c33-25-15-24(16-26(34)19-25)23-12-14-28-29-9-3-7-21-8-4-10-30(32(21)29)35(31(28)18-23)27-13-11-20-5-1-2-6-22(20)17-27/h1-19H. The van der Waals surface area contributed by atoms with Gasteiger partial charge in [-0.05, 0) is 75.3 Å². The number of anilines is 3. The van der Waals surface area contributed by atoms with Crippen LogP contribution in [-0.4, -0.2) is 0 Å². The van der Waals surface area contributed by atoms with Crippen molar-refractivity contribution >= 4 is 70.5 Å². The molecule has 1 aliphatic heterocycles. The van der Waals surface area contributed by atoms with Crippen LogP contribution in [0.4, 0.5) is 17.1 Å². The summed E-state index contributed by atoms with van der Waals surface area (Å²) in [6.45, 7) is 0. The molecule has 6 aromatic rings. The van der Waals surface area contributed by atoms with E-state index in [4.69, 9.17) is 0 Å². The Morgan fingerprint density at radius 3 is 2.03 bits per heavy atom. The molecule has 0 fully saturated rings. The number of hydrogen-bond acceptors (Lipinski definition) is 1. The first kappa shape index (κ1) is 20.9. The van der Waals surface area contributed by atoms with E-state index in [9.17, 15) is 0 Å². The van der Waals surface area contributed by atoms with Gasteiger partial charge >= 0.3 is 0 Å². The molecule has 3 heteroatoms. The summed E-state index contributed by atoms with van der Waals surface area (Å²) in [7, 11) is 0.